The Kier molecular flexibility index (Phi) is 4.36. The van der Waals surface area contributed by atoms with Crippen LogP contribution in [0, 0.1) is 0 Å². The van der Waals surface area contributed by atoms with Crippen molar-refractivity contribution in [3.8, 4) is 11.5 Å². The van der Waals surface area contributed by atoms with Crippen molar-refractivity contribution in [1.82, 2.24) is 0 Å². The van der Waals surface area contributed by atoms with E-state index in [-0.39, 0.29) is 12.2 Å². The zero-order valence-corrected chi connectivity index (χ0v) is 15.5. The summed E-state index contributed by atoms with van der Waals surface area (Å²) in [5, 5.41) is 0. The first-order valence-electron chi connectivity index (χ1n) is 10.5. The second-order valence-corrected chi connectivity index (χ2v) is 8.15. The van der Waals surface area contributed by atoms with E-state index < -0.39 is 0 Å². The molecule has 2 heteroatoms. The number of hydrogen-bond acceptors (Lipinski definition) is 2. The summed E-state index contributed by atoms with van der Waals surface area (Å²) in [5.74, 6) is 2.02. The molecule has 0 amide bonds. The van der Waals surface area contributed by atoms with Crippen molar-refractivity contribution in [1.29, 1.82) is 0 Å². The molecule has 2 unspecified atom stereocenters. The van der Waals surface area contributed by atoms with E-state index in [1.165, 1.54) is 86.5 Å². The number of hydrogen-bond donors (Lipinski definition) is 0. The van der Waals surface area contributed by atoms with E-state index in [1.54, 1.807) is 0 Å². The highest BCUT2D eigenvalue weighted by Gasteiger charge is 2.44. The number of benzene rings is 2. The summed E-state index contributed by atoms with van der Waals surface area (Å²) in [6, 6.07) is 13.5. The van der Waals surface area contributed by atoms with Gasteiger partial charge in [0.2, 0.25) is 0 Å². The molecule has 1 aliphatic carbocycles. The van der Waals surface area contributed by atoms with Crippen LogP contribution in [0.3, 0.4) is 0 Å². The Morgan fingerprint density at radius 2 is 0.962 bits per heavy atom. The molecule has 5 rings (SSSR count). The largest absolute Gasteiger partial charge is 0.481 e. The molecule has 2 heterocycles. The highest BCUT2D eigenvalue weighted by molar-refractivity contribution is 5.52. The monoisotopic (exact) mass is 348 g/mol. The van der Waals surface area contributed by atoms with Gasteiger partial charge in [-0.3, -0.25) is 0 Å². The van der Waals surface area contributed by atoms with Gasteiger partial charge in [-0.1, -0.05) is 50.7 Å². The van der Waals surface area contributed by atoms with Crippen LogP contribution < -0.4 is 9.47 Å². The summed E-state index contributed by atoms with van der Waals surface area (Å²) in [7, 11) is 0. The molecule has 0 radical (unpaired) electrons. The molecule has 2 nitrogen and oxygen atoms in total. The normalized spacial score (nSPS) is 24.8. The van der Waals surface area contributed by atoms with E-state index in [0.717, 1.165) is 11.5 Å². The molecular weight excluding hydrogens is 320 g/mol. The topological polar surface area (TPSA) is 18.5 Å². The van der Waals surface area contributed by atoms with Gasteiger partial charge < -0.3 is 9.47 Å². The maximum absolute atomic E-state index is 6.30. The minimum absolute atomic E-state index is 0.0362. The van der Waals surface area contributed by atoms with Crippen molar-refractivity contribution in [2.75, 3.05) is 0 Å². The average molecular weight is 348 g/mol. The average Bonchev–Trinajstić information content (AvgIpc) is 3.18. The molecule has 0 fully saturated rings. The van der Waals surface area contributed by atoms with Gasteiger partial charge in [-0.05, 0) is 61.1 Å². The van der Waals surface area contributed by atoms with Gasteiger partial charge in [0.1, 0.15) is 11.5 Å². The van der Waals surface area contributed by atoms with Crippen LogP contribution in [0.25, 0.3) is 0 Å². The lowest BCUT2D eigenvalue weighted by atomic mass is 9.96. The van der Waals surface area contributed by atoms with E-state index in [2.05, 4.69) is 36.4 Å². The highest BCUT2D eigenvalue weighted by Crippen LogP contribution is 2.54. The lowest BCUT2D eigenvalue weighted by Crippen LogP contribution is -2.06. The van der Waals surface area contributed by atoms with Gasteiger partial charge in [0.05, 0.1) is 0 Å². The molecule has 2 aromatic carbocycles. The van der Waals surface area contributed by atoms with Crippen LogP contribution in [0.5, 0.6) is 11.5 Å². The maximum Gasteiger partial charge on any atom is 0.168 e. The zero-order valence-electron chi connectivity index (χ0n) is 15.5. The molecule has 3 aliphatic rings. The molecule has 0 saturated heterocycles. The number of aryl methyl sites for hydroxylation is 2. The van der Waals surface area contributed by atoms with Crippen molar-refractivity contribution in [3.63, 3.8) is 0 Å². The summed E-state index contributed by atoms with van der Waals surface area (Å²) in [4.78, 5) is 0. The minimum Gasteiger partial charge on any atom is -0.481 e. The van der Waals surface area contributed by atoms with Crippen molar-refractivity contribution in [3.05, 3.63) is 58.7 Å². The Hall–Kier alpha value is -1.96. The molecule has 136 valence electrons. The van der Waals surface area contributed by atoms with Crippen LogP contribution >= 0.6 is 0 Å². The van der Waals surface area contributed by atoms with Crippen LogP contribution in [0.1, 0.15) is 85.8 Å². The molecule has 26 heavy (non-hydrogen) atoms. The van der Waals surface area contributed by atoms with Gasteiger partial charge in [0.25, 0.3) is 0 Å². The Labute approximate surface area is 156 Å². The predicted molar refractivity (Wildman–Crippen MR) is 104 cm³/mol. The van der Waals surface area contributed by atoms with Crippen LogP contribution in [-0.2, 0) is 12.8 Å². The van der Waals surface area contributed by atoms with Crippen molar-refractivity contribution < 1.29 is 9.47 Å². The first-order valence-corrected chi connectivity index (χ1v) is 10.5. The predicted octanol–water partition coefficient (Wildman–Crippen LogP) is 6.47. The molecule has 2 aliphatic heterocycles. The fourth-order valence-electron chi connectivity index (χ4n) is 4.74. The first-order chi connectivity index (χ1) is 12.9. The van der Waals surface area contributed by atoms with E-state index in [9.17, 15) is 0 Å². The van der Waals surface area contributed by atoms with E-state index >= 15 is 0 Å². The maximum atomic E-state index is 6.30. The third-order valence-corrected chi connectivity index (χ3v) is 6.23. The van der Waals surface area contributed by atoms with Gasteiger partial charge in [0.15, 0.2) is 12.2 Å². The smallest absolute Gasteiger partial charge is 0.168 e. The summed E-state index contributed by atoms with van der Waals surface area (Å²) >= 11 is 0. The lowest BCUT2D eigenvalue weighted by Gasteiger charge is -2.09. The lowest BCUT2D eigenvalue weighted by molar-refractivity contribution is 0.123. The number of rotatable bonds is 0. The summed E-state index contributed by atoms with van der Waals surface area (Å²) < 4.78 is 12.6. The van der Waals surface area contributed by atoms with Gasteiger partial charge in [-0.25, -0.2) is 0 Å². The fourth-order valence-corrected chi connectivity index (χ4v) is 4.74. The molecule has 0 saturated carbocycles. The van der Waals surface area contributed by atoms with Gasteiger partial charge in [0, 0.05) is 11.1 Å². The Balaban J connectivity index is 1.44. The van der Waals surface area contributed by atoms with Gasteiger partial charge in [-0.15, -0.1) is 0 Å². The fraction of sp³-hybridized carbons (Fsp3) is 0.500. The third kappa shape index (κ3) is 3.00. The molecule has 2 aromatic rings. The third-order valence-electron chi connectivity index (χ3n) is 6.23. The molecule has 2 atom stereocenters. The van der Waals surface area contributed by atoms with E-state index in [0.29, 0.717) is 0 Å². The Morgan fingerprint density at radius 1 is 0.538 bits per heavy atom. The van der Waals surface area contributed by atoms with Gasteiger partial charge >= 0.3 is 0 Å². The molecular formula is C24H28O2. The zero-order chi connectivity index (χ0) is 17.3. The SMILES string of the molecule is c1cc2c3cc1CCCCCCCCCCc1ccc4c(c1)C(O2)C3O4. The highest BCUT2D eigenvalue weighted by atomic mass is 16.6. The molecule has 0 spiro atoms. The summed E-state index contributed by atoms with van der Waals surface area (Å²) in [5.41, 5.74) is 5.33. The second-order valence-electron chi connectivity index (χ2n) is 8.15. The first kappa shape index (κ1) is 16.2. The summed E-state index contributed by atoms with van der Waals surface area (Å²) in [6.45, 7) is 0. The number of fused-ring (bicyclic) bond motifs is 2. The second kappa shape index (κ2) is 6.98. The molecule has 0 N–H and O–H groups in total. The molecule has 6 bridgehead atoms. The van der Waals surface area contributed by atoms with E-state index in [4.69, 9.17) is 9.47 Å². The summed E-state index contributed by atoms with van der Waals surface area (Å²) in [6.07, 6.45) is 13.2. The standard InChI is InChI=1S/C24H28O2/c1-2-4-6-8-10-18-12-14-22-20(16-18)24-23(26-22)19-15-17(9-7-5-3-1)11-13-21(19)25-24/h11-16,23-24H,1-10H2. The van der Waals surface area contributed by atoms with Crippen molar-refractivity contribution >= 4 is 0 Å². The Morgan fingerprint density at radius 3 is 1.42 bits per heavy atom. The van der Waals surface area contributed by atoms with Crippen molar-refractivity contribution in [2.24, 2.45) is 0 Å². The van der Waals surface area contributed by atoms with Crippen LogP contribution in [0.4, 0.5) is 0 Å². The van der Waals surface area contributed by atoms with Crippen LogP contribution in [0.15, 0.2) is 36.4 Å². The quantitative estimate of drug-likeness (QED) is 0.543. The Bertz CT molecular complexity index is 727. The van der Waals surface area contributed by atoms with Crippen LogP contribution in [0.2, 0.25) is 0 Å². The molecule has 0 aromatic heterocycles. The number of ether oxygens (including phenoxy) is 2. The van der Waals surface area contributed by atoms with Crippen molar-refractivity contribution in [2.45, 2.75) is 76.4 Å². The van der Waals surface area contributed by atoms with Crippen LogP contribution in [-0.4, -0.2) is 0 Å². The minimum atomic E-state index is 0.0362. The van der Waals surface area contributed by atoms with Gasteiger partial charge in [-0.2, -0.15) is 0 Å². The van der Waals surface area contributed by atoms with E-state index in [1.807, 2.05) is 0 Å².